The Bertz CT molecular complexity index is 232. The highest BCUT2D eigenvalue weighted by molar-refractivity contribution is 5.70. The Morgan fingerprint density at radius 1 is 1.43 bits per heavy atom. The molecule has 14 heavy (non-hydrogen) atoms. The Morgan fingerprint density at radius 3 is 2.57 bits per heavy atom. The van der Waals surface area contributed by atoms with Crippen molar-refractivity contribution in [2.24, 2.45) is 11.8 Å². The topological polar surface area (TPSA) is 55.8 Å². The number of carbonyl (C=O) groups is 1. The van der Waals surface area contributed by atoms with Crippen LogP contribution in [0.1, 0.15) is 26.2 Å². The molecule has 0 amide bonds. The number of carboxylic acid groups (broad SMARTS) is 1. The minimum Gasteiger partial charge on any atom is -0.481 e. The molecule has 0 bridgehead atoms. The minimum atomic E-state index is -0.689. The third-order valence-corrected chi connectivity index (χ3v) is 3.29. The van der Waals surface area contributed by atoms with E-state index in [0.717, 1.165) is 0 Å². The van der Waals surface area contributed by atoms with E-state index in [1.54, 1.807) is 0 Å². The van der Waals surface area contributed by atoms with Crippen LogP contribution in [0.5, 0.6) is 0 Å². The van der Waals surface area contributed by atoms with Gasteiger partial charge in [-0.15, -0.1) is 0 Å². The number of rotatable bonds is 1. The van der Waals surface area contributed by atoms with E-state index >= 15 is 0 Å². The number of hydrogen-bond donors (Lipinski definition) is 1. The van der Waals surface area contributed by atoms with Crippen LogP contribution in [0.25, 0.3) is 0 Å². The molecule has 1 aliphatic heterocycles. The molecule has 1 saturated heterocycles. The lowest BCUT2D eigenvalue weighted by molar-refractivity contribution is -0.196. The quantitative estimate of drug-likeness (QED) is 0.692. The van der Waals surface area contributed by atoms with Gasteiger partial charge < -0.3 is 14.6 Å². The molecule has 0 unspecified atom stereocenters. The molecule has 4 heteroatoms. The molecule has 0 aromatic carbocycles. The second-order valence-electron chi connectivity index (χ2n) is 4.27. The van der Waals surface area contributed by atoms with Gasteiger partial charge in [0.15, 0.2) is 5.79 Å². The fourth-order valence-corrected chi connectivity index (χ4v) is 2.52. The van der Waals surface area contributed by atoms with Crippen molar-refractivity contribution < 1.29 is 19.4 Å². The van der Waals surface area contributed by atoms with Gasteiger partial charge in [0, 0.05) is 12.8 Å². The molecular formula is C10H16O4. The van der Waals surface area contributed by atoms with Gasteiger partial charge in [0.05, 0.1) is 19.1 Å². The van der Waals surface area contributed by atoms with Crippen LogP contribution in [0.4, 0.5) is 0 Å². The van der Waals surface area contributed by atoms with Crippen molar-refractivity contribution in [1.82, 2.24) is 0 Å². The van der Waals surface area contributed by atoms with Crippen molar-refractivity contribution in [1.29, 1.82) is 0 Å². The Labute approximate surface area is 83.2 Å². The van der Waals surface area contributed by atoms with Crippen LogP contribution in [-0.4, -0.2) is 30.1 Å². The van der Waals surface area contributed by atoms with Crippen molar-refractivity contribution in [2.75, 3.05) is 13.2 Å². The predicted octanol–water partition coefficient (Wildman–Crippen LogP) is 1.25. The highest BCUT2D eigenvalue weighted by atomic mass is 16.7. The number of aliphatic carboxylic acids is 1. The van der Waals surface area contributed by atoms with E-state index in [0.29, 0.717) is 32.5 Å². The molecule has 2 rings (SSSR count). The fraction of sp³-hybridized carbons (Fsp3) is 0.900. The van der Waals surface area contributed by atoms with Gasteiger partial charge in [-0.3, -0.25) is 4.79 Å². The maximum absolute atomic E-state index is 10.9. The van der Waals surface area contributed by atoms with Gasteiger partial charge in [-0.1, -0.05) is 6.92 Å². The molecule has 0 aromatic rings. The molecule has 1 aliphatic carbocycles. The average Bonchev–Trinajstić information content (AvgIpc) is 2.52. The Hall–Kier alpha value is -0.610. The molecule has 4 nitrogen and oxygen atoms in total. The Morgan fingerprint density at radius 2 is 2.07 bits per heavy atom. The second kappa shape index (κ2) is 3.51. The monoisotopic (exact) mass is 200 g/mol. The Balaban J connectivity index is 2.02. The van der Waals surface area contributed by atoms with E-state index in [4.69, 9.17) is 14.6 Å². The summed E-state index contributed by atoms with van der Waals surface area (Å²) in [5.41, 5.74) is 0. The summed E-state index contributed by atoms with van der Waals surface area (Å²) < 4.78 is 11.1. The lowest BCUT2D eigenvalue weighted by atomic mass is 9.77. The number of ether oxygens (including phenoxy) is 2. The smallest absolute Gasteiger partial charge is 0.306 e. The van der Waals surface area contributed by atoms with Crippen LogP contribution in [-0.2, 0) is 14.3 Å². The van der Waals surface area contributed by atoms with Crippen molar-refractivity contribution >= 4 is 5.97 Å². The first-order valence-electron chi connectivity index (χ1n) is 5.14. The molecule has 1 saturated carbocycles. The first-order chi connectivity index (χ1) is 6.63. The first-order valence-corrected chi connectivity index (χ1v) is 5.14. The third kappa shape index (κ3) is 1.64. The van der Waals surface area contributed by atoms with Crippen LogP contribution >= 0.6 is 0 Å². The van der Waals surface area contributed by atoms with E-state index in [2.05, 4.69) is 0 Å². The maximum Gasteiger partial charge on any atom is 0.306 e. The van der Waals surface area contributed by atoms with E-state index < -0.39 is 11.8 Å². The summed E-state index contributed by atoms with van der Waals surface area (Å²) in [7, 11) is 0. The molecule has 2 fully saturated rings. The normalized spacial score (nSPS) is 36.1. The summed E-state index contributed by atoms with van der Waals surface area (Å²) >= 11 is 0. The van der Waals surface area contributed by atoms with Gasteiger partial charge >= 0.3 is 5.97 Å². The molecule has 0 radical (unpaired) electrons. The second-order valence-corrected chi connectivity index (χ2v) is 4.27. The summed E-state index contributed by atoms with van der Waals surface area (Å²) in [5, 5.41) is 8.96. The summed E-state index contributed by atoms with van der Waals surface area (Å²) in [6.07, 6.45) is 2.09. The fourth-order valence-electron chi connectivity index (χ4n) is 2.52. The van der Waals surface area contributed by atoms with Gasteiger partial charge in [0.2, 0.25) is 0 Å². The van der Waals surface area contributed by atoms with Crippen LogP contribution in [0.15, 0.2) is 0 Å². The van der Waals surface area contributed by atoms with Gasteiger partial charge in [0.1, 0.15) is 0 Å². The van der Waals surface area contributed by atoms with E-state index in [1.807, 2.05) is 6.92 Å². The van der Waals surface area contributed by atoms with Crippen molar-refractivity contribution in [3.63, 3.8) is 0 Å². The van der Waals surface area contributed by atoms with Crippen LogP contribution < -0.4 is 0 Å². The average molecular weight is 200 g/mol. The predicted molar refractivity (Wildman–Crippen MR) is 48.8 cm³/mol. The minimum absolute atomic E-state index is 0.138. The van der Waals surface area contributed by atoms with Crippen LogP contribution in [0.2, 0.25) is 0 Å². The van der Waals surface area contributed by atoms with Crippen LogP contribution in [0, 0.1) is 11.8 Å². The van der Waals surface area contributed by atoms with Gasteiger partial charge in [-0.25, -0.2) is 0 Å². The maximum atomic E-state index is 10.9. The van der Waals surface area contributed by atoms with Crippen molar-refractivity contribution in [3.05, 3.63) is 0 Å². The molecule has 0 aromatic heterocycles. The highest BCUT2D eigenvalue weighted by Gasteiger charge is 2.45. The molecule has 80 valence electrons. The van der Waals surface area contributed by atoms with E-state index in [1.165, 1.54) is 0 Å². The van der Waals surface area contributed by atoms with Crippen LogP contribution in [0.3, 0.4) is 0 Å². The summed E-state index contributed by atoms with van der Waals surface area (Å²) in [6, 6.07) is 0. The molecule has 1 heterocycles. The molecule has 1 spiro atoms. The van der Waals surface area contributed by atoms with Gasteiger partial charge in [-0.05, 0) is 12.3 Å². The molecule has 2 atom stereocenters. The number of hydrogen-bond acceptors (Lipinski definition) is 3. The molecule has 2 aliphatic rings. The Kier molecular flexibility index (Phi) is 2.49. The number of carboxylic acids is 1. The highest BCUT2D eigenvalue weighted by Crippen LogP contribution is 2.41. The summed E-state index contributed by atoms with van der Waals surface area (Å²) in [4.78, 5) is 10.9. The van der Waals surface area contributed by atoms with E-state index in [-0.39, 0.29) is 11.8 Å². The van der Waals surface area contributed by atoms with Crippen molar-refractivity contribution in [2.45, 2.75) is 32.0 Å². The largest absolute Gasteiger partial charge is 0.481 e. The zero-order chi connectivity index (χ0) is 10.2. The zero-order valence-corrected chi connectivity index (χ0v) is 8.36. The summed E-state index contributed by atoms with van der Waals surface area (Å²) in [6.45, 7) is 3.25. The standard InChI is InChI=1S/C10H16O4/c1-7-6-10(13-4-5-14-10)3-2-8(7)9(11)12/h7-8H,2-6H2,1H3,(H,11,12)/t7-,8-/m0/s1. The van der Waals surface area contributed by atoms with Gasteiger partial charge in [0.25, 0.3) is 0 Å². The third-order valence-electron chi connectivity index (χ3n) is 3.29. The lowest BCUT2D eigenvalue weighted by Gasteiger charge is -2.37. The molecular weight excluding hydrogens is 184 g/mol. The van der Waals surface area contributed by atoms with Crippen molar-refractivity contribution in [3.8, 4) is 0 Å². The molecule has 1 N–H and O–H groups in total. The van der Waals surface area contributed by atoms with Gasteiger partial charge in [-0.2, -0.15) is 0 Å². The SMILES string of the molecule is C[C@H]1CC2(CC[C@@H]1C(=O)O)OCCO2. The first kappa shape index (κ1) is 9.93. The summed E-state index contributed by atoms with van der Waals surface area (Å²) in [5.74, 6) is -1.23. The van der Waals surface area contributed by atoms with E-state index in [9.17, 15) is 4.79 Å². The lowest BCUT2D eigenvalue weighted by Crippen LogP contribution is -2.41. The zero-order valence-electron chi connectivity index (χ0n) is 8.36.